The van der Waals surface area contributed by atoms with Crippen LogP contribution in [0.1, 0.15) is 30.6 Å². The Kier molecular flexibility index (Phi) is 3.60. The first kappa shape index (κ1) is 14.0. The Morgan fingerprint density at radius 2 is 2.15 bits per heavy atom. The average Bonchev–Trinajstić information content (AvgIpc) is 3.02. The molecule has 0 radical (unpaired) electrons. The van der Waals surface area contributed by atoms with Crippen LogP contribution >= 0.6 is 11.3 Å². The van der Waals surface area contributed by atoms with Gasteiger partial charge < -0.3 is 5.32 Å². The highest BCUT2D eigenvalue weighted by molar-refractivity contribution is 7.91. The molecule has 3 rings (SSSR count). The Labute approximate surface area is 122 Å². The molecule has 2 fully saturated rings. The highest BCUT2D eigenvalue weighted by Gasteiger charge is 2.40. The highest BCUT2D eigenvalue weighted by atomic mass is 32.2. The van der Waals surface area contributed by atoms with E-state index >= 15 is 0 Å². The number of rotatable bonds is 4. The van der Waals surface area contributed by atoms with Crippen LogP contribution in [0.25, 0.3) is 0 Å². The van der Waals surface area contributed by atoms with E-state index < -0.39 is 10.0 Å². The summed E-state index contributed by atoms with van der Waals surface area (Å²) < 4.78 is 22.5. The van der Waals surface area contributed by atoms with Crippen molar-refractivity contribution in [1.82, 2.24) is 5.32 Å². The molecule has 2 aliphatic rings. The molecule has 3 unspecified atom stereocenters. The van der Waals surface area contributed by atoms with Gasteiger partial charge in [-0.1, -0.05) is 6.42 Å². The summed E-state index contributed by atoms with van der Waals surface area (Å²) in [4.78, 5) is 12.7. The van der Waals surface area contributed by atoms with Crippen LogP contribution in [0, 0.1) is 11.8 Å². The predicted octanol–water partition coefficient (Wildman–Crippen LogP) is 1.24. The number of nitrogens with two attached hydrogens (primary N) is 1. The number of amides is 1. The number of nitrogens with one attached hydrogen (secondary N) is 1. The molecule has 110 valence electrons. The van der Waals surface area contributed by atoms with Crippen LogP contribution in [0.4, 0.5) is 0 Å². The zero-order valence-electron chi connectivity index (χ0n) is 11.0. The molecule has 7 heteroatoms. The standard InChI is InChI=1S/C13H18N2O3S2/c14-20(17,18)13-4-3-10(19-13)7-12(16)15-11-6-8-1-2-9(11)5-8/h3-4,8-9,11H,1-2,5-7H2,(H,15,16)(H2,14,17,18). The van der Waals surface area contributed by atoms with Crippen LogP contribution in [0.3, 0.4) is 0 Å². The van der Waals surface area contributed by atoms with Crippen LogP contribution in [-0.2, 0) is 21.2 Å². The van der Waals surface area contributed by atoms with E-state index in [1.165, 1.54) is 25.3 Å². The molecule has 1 aromatic rings. The lowest BCUT2D eigenvalue weighted by atomic mass is 9.95. The summed E-state index contributed by atoms with van der Waals surface area (Å²) in [6, 6.07) is 3.43. The van der Waals surface area contributed by atoms with E-state index in [0.717, 1.165) is 28.6 Å². The van der Waals surface area contributed by atoms with Crippen molar-refractivity contribution in [2.45, 2.75) is 42.4 Å². The van der Waals surface area contributed by atoms with E-state index in [-0.39, 0.29) is 16.5 Å². The molecule has 20 heavy (non-hydrogen) atoms. The third-order valence-electron chi connectivity index (χ3n) is 4.34. The molecule has 3 N–H and O–H groups in total. The Bertz CT molecular complexity index is 623. The van der Waals surface area contributed by atoms with Gasteiger partial charge in [0.05, 0.1) is 6.42 Å². The number of primary sulfonamides is 1. The monoisotopic (exact) mass is 314 g/mol. The fraction of sp³-hybridized carbons (Fsp3) is 0.615. The number of thiophene rings is 1. The molecule has 0 saturated heterocycles. The van der Waals surface area contributed by atoms with Gasteiger partial charge in [0, 0.05) is 10.9 Å². The van der Waals surface area contributed by atoms with Gasteiger partial charge in [-0.15, -0.1) is 11.3 Å². The number of sulfonamides is 1. The van der Waals surface area contributed by atoms with Crippen molar-refractivity contribution in [2.24, 2.45) is 17.0 Å². The van der Waals surface area contributed by atoms with E-state index in [4.69, 9.17) is 5.14 Å². The van der Waals surface area contributed by atoms with E-state index in [0.29, 0.717) is 12.0 Å². The van der Waals surface area contributed by atoms with Gasteiger partial charge in [0.1, 0.15) is 4.21 Å². The van der Waals surface area contributed by atoms with Gasteiger partial charge in [0.15, 0.2) is 0 Å². The largest absolute Gasteiger partial charge is 0.353 e. The fourth-order valence-electron chi connectivity index (χ4n) is 3.44. The van der Waals surface area contributed by atoms with Gasteiger partial charge in [-0.25, -0.2) is 13.6 Å². The molecule has 0 spiro atoms. The van der Waals surface area contributed by atoms with Crippen molar-refractivity contribution in [3.8, 4) is 0 Å². The molecule has 5 nitrogen and oxygen atoms in total. The van der Waals surface area contributed by atoms with E-state index in [9.17, 15) is 13.2 Å². The summed E-state index contributed by atoms with van der Waals surface area (Å²) in [5.74, 6) is 1.42. The second-order valence-corrected chi connectivity index (χ2v) is 8.75. The van der Waals surface area contributed by atoms with Crippen molar-refractivity contribution in [2.75, 3.05) is 0 Å². The zero-order chi connectivity index (χ0) is 14.3. The predicted molar refractivity (Wildman–Crippen MR) is 76.8 cm³/mol. The van der Waals surface area contributed by atoms with Crippen molar-refractivity contribution in [3.05, 3.63) is 17.0 Å². The number of fused-ring (bicyclic) bond motifs is 2. The minimum absolute atomic E-state index is 0.0228. The van der Waals surface area contributed by atoms with Crippen molar-refractivity contribution in [1.29, 1.82) is 0 Å². The Hall–Kier alpha value is -0.920. The first-order valence-electron chi connectivity index (χ1n) is 6.82. The molecular formula is C13H18N2O3S2. The molecule has 2 aliphatic carbocycles. The van der Waals surface area contributed by atoms with Gasteiger partial charge in [-0.05, 0) is 43.2 Å². The molecule has 2 bridgehead atoms. The minimum Gasteiger partial charge on any atom is -0.353 e. The summed E-state index contributed by atoms with van der Waals surface area (Å²) in [7, 11) is -3.66. The lowest BCUT2D eigenvalue weighted by molar-refractivity contribution is -0.121. The molecule has 1 heterocycles. The van der Waals surface area contributed by atoms with Crippen LogP contribution in [-0.4, -0.2) is 20.4 Å². The van der Waals surface area contributed by atoms with Crippen molar-refractivity contribution in [3.63, 3.8) is 0 Å². The quantitative estimate of drug-likeness (QED) is 0.876. The van der Waals surface area contributed by atoms with Gasteiger partial charge >= 0.3 is 0 Å². The molecular weight excluding hydrogens is 296 g/mol. The van der Waals surface area contributed by atoms with Crippen LogP contribution in [0.5, 0.6) is 0 Å². The van der Waals surface area contributed by atoms with E-state index in [2.05, 4.69) is 5.32 Å². The Morgan fingerprint density at radius 1 is 1.35 bits per heavy atom. The third-order valence-corrected chi connectivity index (χ3v) is 6.86. The lowest BCUT2D eigenvalue weighted by Gasteiger charge is -2.22. The second-order valence-electron chi connectivity index (χ2n) is 5.79. The lowest BCUT2D eigenvalue weighted by Crippen LogP contribution is -2.39. The number of carbonyl (C=O) groups is 1. The Morgan fingerprint density at radius 3 is 2.70 bits per heavy atom. The molecule has 0 aromatic carbocycles. The fourth-order valence-corrected chi connectivity index (χ4v) is 5.22. The van der Waals surface area contributed by atoms with Gasteiger partial charge in [0.2, 0.25) is 15.9 Å². The summed E-state index contributed by atoms with van der Waals surface area (Å²) in [5.41, 5.74) is 0. The highest BCUT2D eigenvalue weighted by Crippen LogP contribution is 2.44. The van der Waals surface area contributed by atoms with Gasteiger partial charge in [-0.3, -0.25) is 4.79 Å². The third kappa shape index (κ3) is 2.89. The molecule has 1 aromatic heterocycles. The van der Waals surface area contributed by atoms with E-state index in [1.807, 2.05) is 0 Å². The van der Waals surface area contributed by atoms with Crippen LogP contribution in [0.15, 0.2) is 16.3 Å². The van der Waals surface area contributed by atoms with Gasteiger partial charge in [0.25, 0.3) is 0 Å². The molecule has 2 saturated carbocycles. The SMILES string of the molecule is NS(=O)(=O)c1ccc(CC(=O)NC2CC3CCC2C3)s1. The zero-order valence-corrected chi connectivity index (χ0v) is 12.7. The first-order valence-corrected chi connectivity index (χ1v) is 9.19. The second kappa shape index (κ2) is 5.13. The first-order chi connectivity index (χ1) is 9.41. The summed E-state index contributed by atoms with van der Waals surface area (Å²) in [5, 5.41) is 8.15. The maximum Gasteiger partial charge on any atom is 0.247 e. The maximum absolute atomic E-state index is 12.0. The Balaban J connectivity index is 1.58. The number of hydrogen-bond acceptors (Lipinski definition) is 4. The number of carbonyl (C=O) groups excluding carboxylic acids is 1. The normalized spacial score (nSPS) is 28.8. The van der Waals surface area contributed by atoms with Crippen molar-refractivity contribution >= 4 is 27.3 Å². The maximum atomic E-state index is 12.0. The summed E-state index contributed by atoms with van der Waals surface area (Å²) in [6.45, 7) is 0. The average molecular weight is 314 g/mol. The van der Waals surface area contributed by atoms with Crippen LogP contribution < -0.4 is 10.5 Å². The molecule has 3 atom stereocenters. The van der Waals surface area contributed by atoms with Crippen molar-refractivity contribution < 1.29 is 13.2 Å². The van der Waals surface area contributed by atoms with Gasteiger partial charge in [-0.2, -0.15) is 0 Å². The van der Waals surface area contributed by atoms with Crippen LogP contribution in [0.2, 0.25) is 0 Å². The number of hydrogen-bond donors (Lipinski definition) is 2. The molecule has 0 aliphatic heterocycles. The summed E-state index contributed by atoms with van der Waals surface area (Å²) >= 11 is 1.07. The summed E-state index contributed by atoms with van der Waals surface area (Å²) in [6.07, 6.45) is 5.11. The topological polar surface area (TPSA) is 89.3 Å². The smallest absolute Gasteiger partial charge is 0.247 e. The molecule has 1 amide bonds. The minimum atomic E-state index is -3.66. The van der Waals surface area contributed by atoms with E-state index in [1.54, 1.807) is 6.07 Å².